The largest absolute Gasteiger partial charge is 0.492 e. The molecule has 0 saturated heterocycles. The van der Waals surface area contributed by atoms with Gasteiger partial charge in [0.2, 0.25) is 0 Å². The average Bonchev–Trinajstić information content (AvgIpc) is 3.10. The molecule has 0 fully saturated rings. The highest BCUT2D eigenvalue weighted by atomic mass is 35.5. The van der Waals surface area contributed by atoms with Crippen LogP contribution in [0.25, 0.3) is 0 Å². The maximum atomic E-state index is 5.76. The van der Waals surface area contributed by atoms with Crippen LogP contribution in [-0.2, 0) is 0 Å². The molecule has 2 aromatic rings. The number of nitrogens with two attached hydrogens (primary N) is 1. The van der Waals surface area contributed by atoms with Gasteiger partial charge in [0, 0.05) is 10.6 Å². The predicted octanol–water partition coefficient (Wildman–Crippen LogP) is 3.91. The molecule has 2 heterocycles. The standard InChI is InChI=1S/C17H16ClN3OS/c18-7-8-22-13-5-6-15-16(9-13)23-17-20-14(10-21(15)17)11-1-3-12(19)4-2-11/h1-6,9,14H,7-8,10,19H2. The number of thioether (sulfide) groups is 1. The van der Waals surface area contributed by atoms with Gasteiger partial charge in [0.1, 0.15) is 12.4 Å². The molecular weight excluding hydrogens is 330 g/mol. The van der Waals surface area contributed by atoms with Gasteiger partial charge in [0.15, 0.2) is 5.17 Å². The van der Waals surface area contributed by atoms with Crippen LogP contribution in [0.15, 0.2) is 52.4 Å². The van der Waals surface area contributed by atoms with Crippen molar-refractivity contribution in [2.45, 2.75) is 10.9 Å². The second-order valence-electron chi connectivity index (χ2n) is 5.47. The number of amidine groups is 1. The van der Waals surface area contributed by atoms with Gasteiger partial charge >= 0.3 is 0 Å². The van der Waals surface area contributed by atoms with Gasteiger partial charge in [-0.05, 0) is 47.7 Å². The zero-order valence-corrected chi connectivity index (χ0v) is 14.0. The highest BCUT2D eigenvalue weighted by Crippen LogP contribution is 2.46. The summed E-state index contributed by atoms with van der Waals surface area (Å²) in [6, 6.07) is 14.3. The van der Waals surface area contributed by atoms with Crippen LogP contribution >= 0.6 is 23.4 Å². The lowest BCUT2D eigenvalue weighted by Gasteiger charge is -2.16. The molecule has 0 amide bonds. The quantitative estimate of drug-likeness (QED) is 0.674. The molecule has 0 saturated carbocycles. The van der Waals surface area contributed by atoms with E-state index in [-0.39, 0.29) is 6.04 Å². The second kappa shape index (κ2) is 5.98. The van der Waals surface area contributed by atoms with Gasteiger partial charge in [-0.15, -0.1) is 11.6 Å². The predicted molar refractivity (Wildman–Crippen MR) is 96.9 cm³/mol. The lowest BCUT2D eigenvalue weighted by molar-refractivity contribution is 0.342. The second-order valence-corrected chi connectivity index (χ2v) is 6.86. The Balaban J connectivity index is 1.55. The number of alkyl halides is 1. The average molecular weight is 346 g/mol. The highest BCUT2D eigenvalue weighted by molar-refractivity contribution is 8.14. The fourth-order valence-corrected chi connectivity index (χ4v) is 4.01. The topological polar surface area (TPSA) is 50.8 Å². The first kappa shape index (κ1) is 14.7. The van der Waals surface area contributed by atoms with E-state index in [1.165, 1.54) is 16.1 Å². The zero-order chi connectivity index (χ0) is 15.8. The molecule has 2 N–H and O–H groups in total. The minimum Gasteiger partial charge on any atom is -0.492 e. The number of nitrogens with zero attached hydrogens (tertiary/aromatic N) is 2. The van der Waals surface area contributed by atoms with Gasteiger partial charge in [-0.25, -0.2) is 0 Å². The smallest absolute Gasteiger partial charge is 0.169 e. The van der Waals surface area contributed by atoms with Crippen LogP contribution in [0, 0.1) is 0 Å². The van der Waals surface area contributed by atoms with Crippen molar-refractivity contribution in [3.05, 3.63) is 48.0 Å². The van der Waals surface area contributed by atoms with Crippen molar-refractivity contribution in [3.8, 4) is 5.75 Å². The van der Waals surface area contributed by atoms with E-state index < -0.39 is 0 Å². The lowest BCUT2D eigenvalue weighted by atomic mass is 10.1. The van der Waals surface area contributed by atoms with E-state index in [0.29, 0.717) is 12.5 Å². The van der Waals surface area contributed by atoms with Crippen LogP contribution < -0.4 is 15.4 Å². The summed E-state index contributed by atoms with van der Waals surface area (Å²) < 4.78 is 5.59. The van der Waals surface area contributed by atoms with Crippen LogP contribution in [0.1, 0.15) is 11.6 Å². The molecule has 1 unspecified atom stereocenters. The van der Waals surface area contributed by atoms with Crippen molar-refractivity contribution < 1.29 is 4.74 Å². The van der Waals surface area contributed by atoms with Crippen molar-refractivity contribution >= 4 is 39.9 Å². The summed E-state index contributed by atoms with van der Waals surface area (Å²) in [5, 5.41) is 1.05. The number of anilines is 2. The SMILES string of the molecule is Nc1ccc(C2CN3C(=N2)Sc2cc(OCCCl)ccc23)cc1. The van der Waals surface area contributed by atoms with Gasteiger partial charge in [-0.2, -0.15) is 0 Å². The molecule has 0 aliphatic carbocycles. The Hall–Kier alpha value is -1.85. The van der Waals surface area contributed by atoms with Crippen LogP contribution in [0.3, 0.4) is 0 Å². The Bertz CT molecular complexity index is 763. The summed E-state index contributed by atoms with van der Waals surface area (Å²) in [6.07, 6.45) is 0. The minimum absolute atomic E-state index is 0.165. The number of nitrogen functional groups attached to an aromatic ring is 1. The Labute approximate surface area is 144 Å². The molecule has 0 aromatic heterocycles. The molecular formula is C17H16ClN3OS. The van der Waals surface area contributed by atoms with Gasteiger partial charge in [0.05, 0.1) is 24.2 Å². The maximum absolute atomic E-state index is 5.76. The highest BCUT2D eigenvalue weighted by Gasteiger charge is 2.34. The van der Waals surface area contributed by atoms with Gasteiger partial charge in [0.25, 0.3) is 0 Å². The first-order valence-electron chi connectivity index (χ1n) is 7.46. The van der Waals surface area contributed by atoms with E-state index in [1.54, 1.807) is 11.8 Å². The Morgan fingerprint density at radius 2 is 2.09 bits per heavy atom. The van der Waals surface area contributed by atoms with Crippen LogP contribution in [0.2, 0.25) is 0 Å². The lowest BCUT2D eigenvalue weighted by Crippen LogP contribution is -2.21. The van der Waals surface area contributed by atoms with Gasteiger partial charge in [-0.3, -0.25) is 4.99 Å². The number of benzene rings is 2. The Morgan fingerprint density at radius 1 is 1.26 bits per heavy atom. The van der Waals surface area contributed by atoms with E-state index in [4.69, 9.17) is 27.1 Å². The molecule has 2 aliphatic rings. The van der Waals surface area contributed by atoms with Gasteiger partial charge in [-0.1, -0.05) is 12.1 Å². The van der Waals surface area contributed by atoms with E-state index >= 15 is 0 Å². The zero-order valence-electron chi connectivity index (χ0n) is 12.4. The molecule has 4 nitrogen and oxygen atoms in total. The summed E-state index contributed by atoms with van der Waals surface area (Å²) >= 11 is 7.36. The summed E-state index contributed by atoms with van der Waals surface area (Å²) in [5.41, 5.74) is 8.94. The first-order valence-corrected chi connectivity index (χ1v) is 8.81. The molecule has 2 aliphatic heterocycles. The third-order valence-corrected chi connectivity index (χ3v) is 5.15. The summed E-state index contributed by atoms with van der Waals surface area (Å²) in [7, 11) is 0. The Kier molecular flexibility index (Phi) is 3.83. The van der Waals surface area contributed by atoms with Gasteiger partial charge < -0.3 is 15.4 Å². The van der Waals surface area contributed by atoms with Crippen LogP contribution in [0.4, 0.5) is 11.4 Å². The Morgan fingerprint density at radius 3 is 2.87 bits per heavy atom. The molecule has 23 heavy (non-hydrogen) atoms. The van der Waals surface area contributed by atoms with Crippen molar-refractivity contribution in [2.75, 3.05) is 29.7 Å². The van der Waals surface area contributed by atoms with Crippen LogP contribution in [0.5, 0.6) is 5.75 Å². The monoisotopic (exact) mass is 345 g/mol. The first-order chi connectivity index (χ1) is 11.2. The molecule has 0 radical (unpaired) electrons. The number of halogens is 1. The number of ether oxygens (including phenoxy) is 1. The van der Waals surface area contributed by atoms with Crippen LogP contribution in [-0.4, -0.2) is 24.2 Å². The van der Waals surface area contributed by atoms with E-state index in [9.17, 15) is 0 Å². The summed E-state index contributed by atoms with van der Waals surface area (Å²) in [5.74, 6) is 1.35. The molecule has 118 valence electrons. The van der Waals surface area contributed by atoms with E-state index in [2.05, 4.69) is 29.2 Å². The third kappa shape index (κ3) is 2.75. The maximum Gasteiger partial charge on any atom is 0.169 e. The normalized spacial score (nSPS) is 18.6. The fourth-order valence-electron chi connectivity index (χ4n) is 2.82. The number of aliphatic imine (C=N–C) groups is 1. The van der Waals surface area contributed by atoms with Crippen molar-refractivity contribution in [2.24, 2.45) is 4.99 Å². The number of hydrogen-bond donors (Lipinski definition) is 1. The molecule has 0 bridgehead atoms. The van der Waals surface area contributed by atoms with E-state index in [0.717, 1.165) is 23.1 Å². The fraction of sp³-hybridized carbons (Fsp3) is 0.235. The number of fused-ring (bicyclic) bond motifs is 3. The minimum atomic E-state index is 0.165. The summed E-state index contributed by atoms with van der Waals surface area (Å²) in [6.45, 7) is 1.38. The molecule has 2 aromatic carbocycles. The molecule has 0 spiro atoms. The van der Waals surface area contributed by atoms with Crippen molar-refractivity contribution in [3.63, 3.8) is 0 Å². The number of hydrogen-bond acceptors (Lipinski definition) is 5. The molecule has 1 atom stereocenters. The van der Waals surface area contributed by atoms with E-state index in [1.807, 2.05) is 18.2 Å². The van der Waals surface area contributed by atoms with Crippen molar-refractivity contribution in [1.29, 1.82) is 0 Å². The number of rotatable bonds is 4. The molecule has 6 heteroatoms. The van der Waals surface area contributed by atoms with Crippen molar-refractivity contribution in [1.82, 2.24) is 0 Å². The molecule has 4 rings (SSSR count). The summed E-state index contributed by atoms with van der Waals surface area (Å²) in [4.78, 5) is 8.32. The third-order valence-electron chi connectivity index (χ3n) is 3.94.